The number of oxazole rings is 1. The molecule has 0 aliphatic heterocycles. The van der Waals surface area contributed by atoms with E-state index in [1.165, 1.54) is 0 Å². The summed E-state index contributed by atoms with van der Waals surface area (Å²) >= 11 is 1.10. The van der Waals surface area contributed by atoms with Crippen molar-refractivity contribution in [3.8, 4) is 0 Å². The minimum absolute atomic E-state index is 0.0140. The number of nitrogens with two attached hydrogens (primary N) is 1. The minimum atomic E-state index is -0.685. The summed E-state index contributed by atoms with van der Waals surface area (Å²) in [4.78, 5) is 25.8. The molecular formula is C11H10N2O4S. The van der Waals surface area contributed by atoms with Crippen molar-refractivity contribution in [2.45, 2.75) is 5.22 Å². The number of fused-ring (bicyclic) bond motifs is 1. The summed E-state index contributed by atoms with van der Waals surface area (Å²) in [5.41, 5.74) is 6.23. The number of primary amides is 1. The van der Waals surface area contributed by atoms with E-state index in [0.717, 1.165) is 17.3 Å². The van der Waals surface area contributed by atoms with Gasteiger partial charge in [-0.1, -0.05) is 23.9 Å². The molecule has 0 bridgehead atoms. The number of benzene rings is 1. The zero-order chi connectivity index (χ0) is 13.0. The van der Waals surface area contributed by atoms with E-state index in [1.54, 1.807) is 6.07 Å². The lowest BCUT2D eigenvalue weighted by atomic mass is 10.3. The van der Waals surface area contributed by atoms with Gasteiger partial charge >= 0.3 is 5.97 Å². The number of thioether (sulfide) groups is 1. The molecule has 1 aromatic heterocycles. The van der Waals surface area contributed by atoms with Gasteiger partial charge in [0.25, 0.3) is 11.1 Å². The van der Waals surface area contributed by atoms with E-state index in [4.69, 9.17) is 10.2 Å². The van der Waals surface area contributed by atoms with Crippen molar-refractivity contribution in [3.63, 3.8) is 0 Å². The summed E-state index contributed by atoms with van der Waals surface area (Å²) in [7, 11) is 0. The van der Waals surface area contributed by atoms with E-state index in [1.807, 2.05) is 18.2 Å². The van der Waals surface area contributed by atoms with Crippen LogP contribution in [0.15, 0.2) is 33.9 Å². The van der Waals surface area contributed by atoms with Crippen molar-refractivity contribution >= 4 is 34.7 Å². The molecule has 0 aliphatic carbocycles. The highest BCUT2D eigenvalue weighted by Gasteiger charge is 2.10. The maximum Gasteiger partial charge on any atom is 0.316 e. The lowest BCUT2D eigenvalue weighted by molar-refractivity contribution is -0.145. The molecular weight excluding hydrogens is 256 g/mol. The number of hydrogen-bond acceptors (Lipinski definition) is 6. The Labute approximate surface area is 106 Å². The van der Waals surface area contributed by atoms with Crippen molar-refractivity contribution in [1.29, 1.82) is 0 Å². The molecule has 2 aromatic rings. The Morgan fingerprint density at radius 3 is 2.89 bits per heavy atom. The van der Waals surface area contributed by atoms with Crippen LogP contribution in [0.1, 0.15) is 0 Å². The number of rotatable bonds is 5. The number of para-hydroxylation sites is 2. The largest absolute Gasteiger partial charge is 0.455 e. The molecule has 2 N–H and O–H groups in total. The summed E-state index contributed by atoms with van der Waals surface area (Å²) in [5.74, 6) is -1.21. The molecule has 2 rings (SSSR count). The fraction of sp³-hybridized carbons (Fsp3) is 0.182. The molecule has 0 radical (unpaired) electrons. The van der Waals surface area contributed by atoms with Crippen LogP contribution in [0, 0.1) is 0 Å². The van der Waals surface area contributed by atoms with Crippen LogP contribution < -0.4 is 5.73 Å². The van der Waals surface area contributed by atoms with E-state index in [9.17, 15) is 9.59 Å². The number of amides is 1. The predicted octanol–water partition coefficient (Wildman–Crippen LogP) is 0.948. The van der Waals surface area contributed by atoms with Gasteiger partial charge in [0.1, 0.15) is 11.3 Å². The fourth-order valence-corrected chi connectivity index (χ4v) is 1.86. The second-order valence-corrected chi connectivity index (χ2v) is 4.29. The van der Waals surface area contributed by atoms with Gasteiger partial charge < -0.3 is 14.9 Å². The standard InChI is InChI=1S/C11H10N2O4S/c12-9(14)5-16-10(15)6-18-11-13-7-3-1-2-4-8(7)17-11/h1-4H,5-6H2,(H2,12,14). The highest BCUT2D eigenvalue weighted by Crippen LogP contribution is 2.22. The second kappa shape index (κ2) is 5.54. The van der Waals surface area contributed by atoms with Crippen molar-refractivity contribution in [2.24, 2.45) is 5.73 Å². The van der Waals surface area contributed by atoms with Crippen LogP contribution in [-0.4, -0.2) is 29.2 Å². The molecule has 0 aliphatic rings. The Morgan fingerprint density at radius 2 is 2.17 bits per heavy atom. The molecule has 1 amide bonds. The molecule has 0 saturated carbocycles. The first-order valence-corrected chi connectivity index (χ1v) is 6.06. The summed E-state index contributed by atoms with van der Waals surface area (Å²) in [6, 6.07) is 7.29. The molecule has 1 heterocycles. The zero-order valence-corrected chi connectivity index (χ0v) is 10.1. The minimum Gasteiger partial charge on any atom is -0.455 e. The van der Waals surface area contributed by atoms with Gasteiger partial charge in [-0.2, -0.15) is 0 Å². The van der Waals surface area contributed by atoms with Gasteiger partial charge in [-0.3, -0.25) is 9.59 Å². The lowest BCUT2D eigenvalue weighted by Gasteiger charge is -1.99. The van der Waals surface area contributed by atoms with Gasteiger partial charge in [-0.15, -0.1) is 0 Å². The summed E-state index contributed by atoms with van der Waals surface area (Å²) in [6.45, 7) is -0.410. The number of hydrogen-bond donors (Lipinski definition) is 1. The molecule has 0 unspecified atom stereocenters. The second-order valence-electron chi connectivity index (χ2n) is 3.36. The summed E-state index contributed by atoms with van der Waals surface area (Å²) in [6.07, 6.45) is 0. The van der Waals surface area contributed by atoms with E-state index in [0.29, 0.717) is 10.8 Å². The molecule has 0 saturated heterocycles. The van der Waals surface area contributed by atoms with Crippen LogP contribution in [0.5, 0.6) is 0 Å². The highest BCUT2D eigenvalue weighted by atomic mass is 32.2. The first kappa shape index (κ1) is 12.4. The van der Waals surface area contributed by atoms with Crippen LogP contribution in [-0.2, 0) is 14.3 Å². The van der Waals surface area contributed by atoms with Gasteiger partial charge in [0, 0.05) is 0 Å². The number of aromatic nitrogens is 1. The molecule has 0 atom stereocenters. The monoisotopic (exact) mass is 266 g/mol. The average molecular weight is 266 g/mol. The van der Waals surface area contributed by atoms with Gasteiger partial charge in [-0.05, 0) is 12.1 Å². The first-order chi connectivity index (χ1) is 8.65. The smallest absolute Gasteiger partial charge is 0.316 e. The SMILES string of the molecule is NC(=O)COC(=O)CSc1nc2ccccc2o1. The Balaban J connectivity index is 1.90. The number of carbonyl (C=O) groups is 2. The quantitative estimate of drug-likeness (QED) is 0.639. The van der Waals surface area contributed by atoms with Crippen LogP contribution >= 0.6 is 11.8 Å². The molecule has 6 nitrogen and oxygen atoms in total. The van der Waals surface area contributed by atoms with Gasteiger partial charge in [0.15, 0.2) is 12.2 Å². The van der Waals surface area contributed by atoms with E-state index in [2.05, 4.69) is 9.72 Å². The Bertz CT molecular complexity index is 548. The summed E-state index contributed by atoms with van der Waals surface area (Å²) < 4.78 is 9.99. The van der Waals surface area contributed by atoms with E-state index in [-0.39, 0.29) is 5.75 Å². The van der Waals surface area contributed by atoms with Gasteiger partial charge in [0.05, 0.1) is 0 Å². The maximum absolute atomic E-state index is 11.2. The molecule has 94 valence electrons. The predicted molar refractivity (Wildman–Crippen MR) is 64.9 cm³/mol. The normalized spacial score (nSPS) is 10.4. The summed E-state index contributed by atoms with van der Waals surface area (Å²) in [5, 5.41) is 0.382. The molecule has 0 spiro atoms. The highest BCUT2D eigenvalue weighted by molar-refractivity contribution is 7.99. The molecule has 0 fully saturated rings. The topological polar surface area (TPSA) is 95.4 Å². The molecule has 7 heteroatoms. The van der Waals surface area contributed by atoms with Crippen molar-refractivity contribution < 1.29 is 18.7 Å². The van der Waals surface area contributed by atoms with E-state index < -0.39 is 18.5 Å². The third kappa shape index (κ3) is 3.24. The van der Waals surface area contributed by atoms with Crippen molar-refractivity contribution in [2.75, 3.05) is 12.4 Å². The maximum atomic E-state index is 11.2. The number of ether oxygens (including phenoxy) is 1. The first-order valence-electron chi connectivity index (χ1n) is 5.07. The number of nitrogens with zero attached hydrogens (tertiary/aromatic N) is 1. The fourth-order valence-electron chi connectivity index (χ4n) is 1.23. The Kier molecular flexibility index (Phi) is 3.83. The van der Waals surface area contributed by atoms with Crippen LogP contribution in [0.25, 0.3) is 11.1 Å². The van der Waals surface area contributed by atoms with Crippen molar-refractivity contribution in [1.82, 2.24) is 4.98 Å². The van der Waals surface area contributed by atoms with Gasteiger partial charge in [0.2, 0.25) is 0 Å². The van der Waals surface area contributed by atoms with Gasteiger partial charge in [-0.25, -0.2) is 4.98 Å². The third-order valence-electron chi connectivity index (χ3n) is 1.96. The number of carbonyl (C=O) groups excluding carboxylic acids is 2. The average Bonchev–Trinajstić information content (AvgIpc) is 2.76. The Hall–Kier alpha value is -2.02. The zero-order valence-electron chi connectivity index (χ0n) is 9.29. The third-order valence-corrected chi connectivity index (χ3v) is 2.76. The Morgan fingerprint density at radius 1 is 1.39 bits per heavy atom. The van der Waals surface area contributed by atoms with Crippen molar-refractivity contribution in [3.05, 3.63) is 24.3 Å². The number of esters is 1. The van der Waals surface area contributed by atoms with Crippen LogP contribution in [0.3, 0.4) is 0 Å². The molecule has 1 aromatic carbocycles. The molecule has 18 heavy (non-hydrogen) atoms. The lowest BCUT2D eigenvalue weighted by Crippen LogP contribution is -2.21. The van der Waals surface area contributed by atoms with Crippen LogP contribution in [0.2, 0.25) is 0 Å². The van der Waals surface area contributed by atoms with E-state index >= 15 is 0 Å². The van der Waals surface area contributed by atoms with Crippen LogP contribution in [0.4, 0.5) is 0 Å².